The van der Waals surface area contributed by atoms with Crippen molar-refractivity contribution in [1.29, 1.82) is 0 Å². The summed E-state index contributed by atoms with van der Waals surface area (Å²) in [6, 6.07) is 8.82. The lowest BCUT2D eigenvalue weighted by molar-refractivity contribution is 0.204. The predicted octanol–water partition coefficient (Wildman–Crippen LogP) is 3.03. The van der Waals surface area contributed by atoms with Crippen molar-refractivity contribution in [2.45, 2.75) is 0 Å². The number of amides is 1. The number of rotatable bonds is 4. The third-order valence-corrected chi connectivity index (χ3v) is 1.72. The van der Waals surface area contributed by atoms with Crippen LogP contribution >= 0.6 is 0 Å². The molecule has 82 valence electrons. The van der Waals surface area contributed by atoms with Crippen molar-refractivity contribution < 1.29 is 9.53 Å². The standard InChI is InChI=1S/C13H13NO2/c1-3-8-11(4-2)14-13(15)16-12-9-6-5-7-10-12/h3-10H,1-2H2,(H,14,15)/b11-8+. The summed E-state index contributed by atoms with van der Waals surface area (Å²) in [5.41, 5.74) is 0.538. The van der Waals surface area contributed by atoms with Crippen LogP contribution in [0.2, 0.25) is 0 Å². The maximum atomic E-state index is 11.4. The molecule has 0 saturated carbocycles. The van der Waals surface area contributed by atoms with E-state index in [1.165, 1.54) is 6.08 Å². The number of nitrogens with one attached hydrogen (secondary N) is 1. The van der Waals surface area contributed by atoms with Gasteiger partial charge >= 0.3 is 6.09 Å². The number of allylic oxidation sites excluding steroid dienone is 3. The van der Waals surface area contributed by atoms with Gasteiger partial charge in [-0.1, -0.05) is 37.4 Å². The quantitative estimate of drug-likeness (QED) is 0.784. The minimum absolute atomic E-state index is 0.488. The molecule has 0 atom stereocenters. The molecule has 0 radical (unpaired) electrons. The van der Waals surface area contributed by atoms with Crippen molar-refractivity contribution in [3.05, 3.63) is 67.4 Å². The van der Waals surface area contributed by atoms with E-state index in [2.05, 4.69) is 18.5 Å². The monoisotopic (exact) mass is 215 g/mol. The molecule has 0 aliphatic rings. The Morgan fingerprint density at radius 1 is 1.25 bits per heavy atom. The number of carbonyl (C=O) groups excluding carboxylic acids is 1. The van der Waals surface area contributed by atoms with Crippen LogP contribution in [0.5, 0.6) is 5.75 Å². The van der Waals surface area contributed by atoms with Gasteiger partial charge < -0.3 is 4.74 Å². The van der Waals surface area contributed by atoms with E-state index in [4.69, 9.17) is 4.74 Å². The van der Waals surface area contributed by atoms with Gasteiger partial charge in [0.2, 0.25) is 0 Å². The van der Waals surface area contributed by atoms with E-state index in [1.807, 2.05) is 6.07 Å². The van der Waals surface area contributed by atoms with Gasteiger partial charge in [-0.15, -0.1) is 0 Å². The van der Waals surface area contributed by atoms with E-state index in [1.54, 1.807) is 36.4 Å². The summed E-state index contributed by atoms with van der Waals surface area (Å²) in [5, 5.41) is 2.53. The number of para-hydroxylation sites is 1. The Bertz CT molecular complexity index is 407. The van der Waals surface area contributed by atoms with Gasteiger partial charge in [0.05, 0.1) is 0 Å². The molecule has 0 aromatic heterocycles. The summed E-state index contributed by atoms with van der Waals surface area (Å²) in [6.45, 7) is 7.08. The van der Waals surface area contributed by atoms with Crippen LogP contribution in [0.1, 0.15) is 0 Å². The maximum Gasteiger partial charge on any atom is 0.417 e. The van der Waals surface area contributed by atoms with Crippen molar-refractivity contribution in [2.75, 3.05) is 0 Å². The van der Waals surface area contributed by atoms with Crippen molar-refractivity contribution in [1.82, 2.24) is 5.32 Å². The van der Waals surface area contributed by atoms with Crippen molar-refractivity contribution >= 4 is 6.09 Å². The number of ether oxygens (including phenoxy) is 1. The zero-order valence-corrected chi connectivity index (χ0v) is 8.85. The van der Waals surface area contributed by atoms with E-state index in [0.717, 1.165) is 0 Å². The van der Waals surface area contributed by atoms with Gasteiger partial charge in [-0.2, -0.15) is 0 Å². The molecule has 0 aliphatic heterocycles. The Morgan fingerprint density at radius 2 is 1.94 bits per heavy atom. The lowest BCUT2D eigenvalue weighted by atomic mass is 10.3. The molecule has 1 aromatic rings. The Labute approximate surface area is 94.7 Å². The van der Waals surface area contributed by atoms with Gasteiger partial charge in [0.1, 0.15) is 5.75 Å². The molecule has 16 heavy (non-hydrogen) atoms. The first-order valence-corrected chi connectivity index (χ1v) is 4.75. The molecule has 0 saturated heterocycles. The number of benzene rings is 1. The fraction of sp³-hybridized carbons (Fsp3) is 0. The van der Waals surface area contributed by atoms with Crippen molar-refractivity contribution in [3.8, 4) is 5.75 Å². The van der Waals surface area contributed by atoms with Crippen LogP contribution in [0, 0.1) is 0 Å². The van der Waals surface area contributed by atoms with E-state index < -0.39 is 6.09 Å². The van der Waals surface area contributed by atoms with E-state index in [-0.39, 0.29) is 0 Å². The fourth-order valence-corrected chi connectivity index (χ4v) is 1.03. The molecule has 0 heterocycles. The zero-order chi connectivity index (χ0) is 11.8. The van der Waals surface area contributed by atoms with E-state index in [0.29, 0.717) is 11.4 Å². The highest BCUT2D eigenvalue weighted by molar-refractivity contribution is 5.73. The first-order chi connectivity index (χ1) is 7.76. The van der Waals surface area contributed by atoms with Gasteiger partial charge in [0.25, 0.3) is 0 Å². The topological polar surface area (TPSA) is 38.3 Å². The number of carbonyl (C=O) groups is 1. The van der Waals surface area contributed by atoms with Crippen LogP contribution < -0.4 is 10.1 Å². The van der Waals surface area contributed by atoms with Crippen LogP contribution in [0.4, 0.5) is 4.79 Å². The molecule has 3 nitrogen and oxygen atoms in total. The molecule has 0 bridgehead atoms. The Balaban J connectivity index is 2.57. The van der Waals surface area contributed by atoms with Crippen molar-refractivity contribution in [2.24, 2.45) is 0 Å². The van der Waals surface area contributed by atoms with E-state index >= 15 is 0 Å². The molecular formula is C13H13NO2. The van der Waals surface area contributed by atoms with E-state index in [9.17, 15) is 4.79 Å². The second-order valence-electron chi connectivity index (χ2n) is 2.89. The summed E-state index contributed by atoms with van der Waals surface area (Å²) >= 11 is 0. The summed E-state index contributed by atoms with van der Waals surface area (Å²) in [5.74, 6) is 0.488. The molecule has 1 rings (SSSR count). The molecular weight excluding hydrogens is 202 g/mol. The van der Waals surface area contributed by atoms with Gasteiger partial charge in [-0.05, 0) is 24.3 Å². The number of hydrogen-bond acceptors (Lipinski definition) is 2. The van der Waals surface area contributed by atoms with Crippen molar-refractivity contribution in [3.63, 3.8) is 0 Å². The molecule has 0 unspecified atom stereocenters. The van der Waals surface area contributed by atoms with Crippen LogP contribution in [0.25, 0.3) is 0 Å². The fourth-order valence-electron chi connectivity index (χ4n) is 1.03. The predicted molar refractivity (Wildman–Crippen MR) is 64.1 cm³/mol. The normalized spacial score (nSPS) is 10.4. The highest BCUT2D eigenvalue weighted by Gasteiger charge is 2.03. The third-order valence-electron chi connectivity index (χ3n) is 1.72. The van der Waals surface area contributed by atoms with Gasteiger partial charge in [0.15, 0.2) is 0 Å². The first-order valence-electron chi connectivity index (χ1n) is 4.75. The van der Waals surface area contributed by atoms with Gasteiger partial charge in [-0.3, -0.25) is 5.32 Å². The average molecular weight is 215 g/mol. The Morgan fingerprint density at radius 3 is 2.50 bits per heavy atom. The molecule has 1 amide bonds. The van der Waals surface area contributed by atoms with Crippen LogP contribution in [-0.2, 0) is 0 Å². The van der Waals surface area contributed by atoms with Gasteiger partial charge in [-0.25, -0.2) is 4.79 Å². The largest absolute Gasteiger partial charge is 0.417 e. The smallest absolute Gasteiger partial charge is 0.410 e. The highest BCUT2D eigenvalue weighted by atomic mass is 16.6. The minimum atomic E-state index is -0.556. The lowest BCUT2D eigenvalue weighted by Gasteiger charge is -2.06. The molecule has 1 aromatic carbocycles. The molecule has 0 spiro atoms. The minimum Gasteiger partial charge on any atom is -0.410 e. The Hall–Kier alpha value is -2.29. The van der Waals surface area contributed by atoms with Gasteiger partial charge in [0, 0.05) is 5.70 Å². The maximum absolute atomic E-state index is 11.4. The highest BCUT2D eigenvalue weighted by Crippen LogP contribution is 2.08. The van der Waals surface area contributed by atoms with Crippen LogP contribution in [0.15, 0.2) is 67.4 Å². The van der Waals surface area contributed by atoms with Crippen LogP contribution in [0.3, 0.4) is 0 Å². The summed E-state index contributed by atoms with van der Waals surface area (Å²) in [6.07, 6.45) is 4.13. The molecule has 0 aliphatic carbocycles. The summed E-state index contributed by atoms with van der Waals surface area (Å²) in [7, 11) is 0. The third kappa shape index (κ3) is 3.84. The molecule has 0 fully saturated rings. The average Bonchev–Trinajstić information content (AvgIpc) is 2.29. The summed E-state index contributed by atoms with van der Waals surface area (Å²) in [4.78, 5) is 11.4. The lowest BCUT2D eigenvalue weighted by Crippen LogP contribution is -2.25. The molecule has 3 heteroatoms. The second-order valence-corrected chi connectivity index (χ2v) is 2.89. The summed E-state index contributed by atoms with van der Waals surface area (Å²) < 4.78 is 5.02. The number of hydrogen-bond donors (Lipinski definition) is 1. The first kappa shape index (κ1) is 11.8. The second kappa shape index (κ2) is 6.24. The SMILES string of the molecule is C=C/C=C(\C=C)NC(=O)Oc1ccccc1. The Kier molecular flexibility index (Phi) is 4.60. The van der Waals surface area contributed by atoms with Crippen LogP contribution in [-0.4, -0.2) is 6.09 Å². The zero-order valence-electron chi connectivity index (χ0n) is 8.85. The molecule has 1 N–H and O–H groups in total.